The van der Waals surface area contributed by atoms with Gasteiger partial charge in [-0.05, 0) is 45.9 Å². The number of aromatic nitrogens is 4. The minimum absolute atomic E-state index is 0.151. The highest BCUT2D eigenvalue weighted by Gasteiger charge is 2.23. The molecule has 1 aromatic carbocycles. The van der Waals surface area contributed by atoms with Crippen molar-refractivity contribution >= 4 is 31.6 Å². The molecule has 0 aliphatic carbocycles. The molecule has 2 heterocycles. The second kappa shape index (κ2) is 6.23. The predicted molar refractivity (Wildman–Crippen MR) is 93.5 cm³/mol. The number of sulfonamides is 1. The van der Waals surface area contributed by atoms with Crippen molar-refractivity contribution in [2.24, 2.45) is 0 Å². The minimum Gasteiger partial charge on any atom is -0.314 e. The molecule has 0 saturated carbocycles. The van der Waals surface area contributed by atoms with Crippen LogP contribution in [0.2, 0.25) is 0 Å². The van der Waals surface area contributed by atoms with Crippen LogP contribution in [-0.4, -0.2) is 28.2 Å². The molecule has 3 rings (SSSR count). The molecule has 1 atom stereocenters. The number of hydrogen-bond donors (Lipinski definition) is 1. The summed E-state index contributed by atoms with van der Waals surface area (Å²) >= 11 is 1.48. The lowest BCUT2D eigenvalue weighted by atomic mass is 10.3. The Morgan fingerprint density at radius 3 is 2.71 bits per heavy atom. The maximum atomic E-state index is 12.7. The lowest BCUT2D eigenvalue weighted by Crippen LogP contribution is -2.29. The molecule has 0 bridgehead atoms. The summed E-state index contributed by atoms with van der Waals surface area (Å²) in [6.45, 7) is 7.65. The molecular weight excluding hydrogens is 346 g/mol. The zero-order chi connectivity index (χ0) is 17.5. The van der Waals surface area contributed by atoms with Gasteiger partial charge in [-0.2, -0.15) is 0 Å². The second-order valence-electron chi connectivity index (χ2n) is 5.90. The maximum Gasteiger partial charge on any atom is 0.241 e. The molecule has 0 saturated heterocycles. The van der Waals surface area contributed by atoms with Crippen LogP contribution in [0.25, 0.3) is 10.2 Å². The lowest BCUT2D eigenvalue weighted by Gasteiger charge is -2.17. The number of nitrogens with one attached hydrogen (secondary N) is 1. The van der Waals surface area contributed by atoms with E-state index in [0.717, 1.165) is 15.2 Å². The Bertz CT molecular complexity index is 975. The molecule has 0 fully saturated rings. The fraction of sp³-hybridized carbons (Fsp3) is 0.400. The van der Waals surface area contributed by atoms with E-state index in [1.54, 1.807) is 31.5 Å². The first-order valence-corrected chi connectivity index (χ1v) is 9.87. The number of aryl methyl sites for hydroxylation is 1. The predicted octanol–water partition coefficient (Wildman–Crippen LogP) is 2.82. The van der Waals surface area contributed by atoms with Crippen molar-refractivity contribution in [3.63, 3.8) is 0 Å². The van der Waals surface area contributed by atoms with E-state index in [2.05, 4.69) is 19.9 Å². The summed E-state index contributed by atoms with van der Waals surface area (Å²) in [6, 6.07) is 4.62. The van der Waals surface area contributed by atoms with Crippen LogP contribution in [0.15, 0.2) is 29.4 Å². The topological polar surface area (TPSA) is 89.8 Å². The van der Waals surface area contributed by atoms with Crippen LogP contribution >= 0.6 is 11.3 Å². The van der Waals surface area contributed by atoms with Gasteiger partial charge in [0.25, 0.3) is 0 Å². The van der Waals surface area contributed by atoms with Crippen LogP contribution in [0.5, 0.6) is 0 Å². The van der Waals surface area contributed by atoms with Crippen LogP contribution < -0.4 is 4.72 Å². The smallest absolute Gasteiger partial charge is 0.241 e. The quantitative estimate of drug-likeness (QED) is 0.751. The zero-order valence-electron chi connectivity index (χ0n) is 13.9. The molecule has 0 spiro atoms. The van der Waals surface area contributed by atoms with Crippen LogP contribution in [0, 0.1) is 6.92 Å². The van der Waals surface area contributed by atoms with Gasteiger partial charge in [-0.15, -0.1) is 21.5 Å². The fourth-order valence-electron chi connectivity index (χ4n) is 2.50. The lowest BCUT2D eigenvalue weighted by molar-refractivity contribution is 0.514. The Morgan fingerprint density at radius 2 is 2.00 bits per heavy atom. The highest BCUT2D eigenvalue weighted by molar-refractivity contribution is 7.89. The fourth-order valence-corrected chi connectivity index (χ4v) is 4.67. The zero-order valence-corrected chi connectivity index (χ0v) is 15.5. The van der Waals surface area contributed by atoms with Crippen molar-refractivity contribution in [1.82, 2.24) is 24.5 Å². The molecule has 128 valence electrons. The van der Waals surface area contributed by atoms with E-state index in [1.807, 2.05) is 25.3 Å². The van der Waals surface area contributed by atoms with E-state index < -0.39 is 16.1 Å². The third-order valence-electron chi connectivity index (χ3n) is 3.65. The standard InChI is InChI=1S/C15H19N5O2S2/c1-9(2)20-8-16-18-15(20)10(3)19-24(21,22)12-5-6-13-14(7-12)23-11(4)17-13/h5-10,19H,1-4H3. The van der Waals surface area contributed by atoms with Crippen LogP contribution in [0.4, 0.5) is 0 Å². The van der Waals surface area contributed by atoms with Gasteiger partial charge in [0.2, 0.25) is 10.0 Å². The molecule has 0 radical (unpaired) electrons. The van der Waals surface area contributed by atoms with Crippen molar-refractivity contribution < 1.29 is 8.42 Å². The number of rotatable bonds is 5. The van der Waals surface area contributed by atoms with Crippen LogP contribution in [0.3, 0.4) is 0 Å². The molecule has 0 aliphatic rings. The maximum absolute atomic E-state index is 12.7. The Kier molecular flexibility index (Phi) is 4.41. The van der Waals surface area contributed by atoms with E-state index in [4.69, 9.17) is 0 Å². The monoisotopic (exact) mass is 365 g/mol. The Morgan fingerprint density at radius 1 is 1.25 bits per heavy atom. The van der Waals surface area contributed by atoms with Gasteiger partial charge >= 0.3 is 0 Å². The van der Waals surface area contributed by atoms with Crippen molar-refractivity contribution in [2.75, 3.05) is 0 Å². The third kappa shape index (κ3) is 3.19. The number of benzene rings is 1. The highest BCUT2D eigenvalue weighted by Crippen LogP contribution is 2.25. The first-order chi connectivity index (χ1) is 11.3. The van der Waals surface area contributed by atoms with Gasteiger partial charge < -0.3 is 4.57 Å². The second-order valence-corrected chi connectivity index (χ2v) is 8.84. The van der Waals surface area contributed by atoms with Gasteiger partial charge in [-0.25, -0.2) is 18.1 Å². The van der Waals surface area contributed by atoms with Crippen LogP contribution in [-0.2, 0) is 10.0 Å². The van der Waals surface area contributed by atoms with Crippen molar-refractivity contribution in [3.8, 4) is 0 Å². The Hall–Kier alpha value is -1.84. The molecule has 24 heavy (non-hydrogen) atoms. The summed E-state index contributed by atoms with van der Waals surface area (Å²) in [5.41, 5.74) is 0.809. The molecule has 1 N–H and O–H groups in total. The largest absolute Gasteiger partial charge is 0.314 e. The molecule has 2 aromatic heterocycles. The summed E-state index contributed by atoms with van der Waals surface area (Å²) in [4.78, 5) is 4.57. The van der Waals surface area contributed by atoms with E-state index >= 15 is 0 Å². The SMILES string of the molecule is Cc1nc2ccc(S(=O)(=O)NC(C)c3nncn3C(C)C)cc2s1. The molecule has 1 unspecified atom stereocenters. The van der Waals surface area contributed by atoms with Crippen molar-refractivity contribution in [3.05, 3.63) is 35.4 Å². The van der Waals surface area contributed by atoms with Crippen LogP contribution in [0.1, 0.15) is 43.7 Å². The Balaban J connectivity index is 1.90. The molecule has 3 aromatic rings. The molecule has 0 aliphatic heterocycles. The normalized spacial score (nSPS) is 13.7. The van der Waals surface area contributed by atoms with E-state index in [0.29, 0.717) is 5.82 Å². The summed E-state index contributed by atoms with van der Waals surface area (Å²) in [5.74, 6) is 0.586. The van der Waals surface area contributed by atoms with E-state index in [9.17, 15) is 8.42 Å². The number of nitrogens with zero attached hydrogens (tertiary/aromatic N) is 4. The Labute approximate surface area is 144 Å². The summed E-state index contributed by atoms with van der Waals surface area (Å²) < 4.78 is 30.8. The van der Waals surface area contributed by atoms with E-state index in [-0.39, 0.29) is 10.9 Å². The molecule has 0 amide bonds. The summed E-state index contributed by atoms with van der Waals surface area (Å²) in [6.07, 6.45) is 1.61. The highest BCUT2D eigenvalue weighted by atomic mass is 32.2. The van der Waals surface area contributed by atoms with Gasteiger partial charge in [0.1, 0.15) is 6.33 Å². The number of fused-ring (bicyclic) bond motifs is 1. The van der Waals surface area contributed by atoms with Gasteiger partial charge in [-0.1, -0.05) is 0 Å². The third-order valence-corrected chi connectivity index (χ3v) is 6.13. The van der Waals surface area contributed by atoms with Gasteiger partial charge in [-0.3, -0.25) is 0 Å². The average Bonchev–Trinajstić information content (AvgIpc) is 3.10. The molecule has 9 heteroatoms. The first-order valence-electron chi connectivity index (χ1n) is 7.57. The number of thiazole rings is 1. The average molecular weight is 365 g/mol. The molecule has 7 nitrogen and oxygen atoms in total. The van der Waals surface area contributed by atoms with E-state index in [1.165, 1.54) is 11.3 Å². The summed E-state index contributed by atoms with van der Waals surface area (Å²) in [7, 11) is -3.66. The number of hydrogen-bond acceptors (Lipinski definition) is 6. The minimum atomic E-state index is -3.66. The molecular formula is C15H19N5O2S2. The van der Waals surface area contributed by atoms with Crippen molar-refractivity contribution in [2.45, 2.75) is 44.7 Å². The summed E-state index contributed by atoms with van der Waals surface area (Å²) in [5, 5.41) is 8.84. The van der Waals surface area contributed by atoms with Gasteiger partial charge in [0, 0.05) is 6.04 Å². The first kappa shape index (κ1) is 17.0. The van der Waals surface area contributed by atoms with Gasteiger partial charge in [0.05, 0.1) is 26.2 Å². The van der Waals surface area contributed by atoms with Crippen molar-refractivity contribution in [1.29, 1.82) is 0 Å². The van der Waals surface area contributed by atoms with Gasteiger partial charge in [0.15, 0.2) is 5.82 Å².